The van der Waals surface area contributed by atoms with Gasteiger partial charge in [-0.25, -0.2) is 4.98 Å². The van der Waals surface area contributed by atoms with Gasteiger partial charge in [0.25, 0.3) is 0 Å². The van der Waals surface area contributed by atoms with E-state index in [-0.39, 0.29) is 0 Å². The molecule has 2 aliphatic heterocycles. The number of hydrogen-bond donors (Lipinski definition) is 0. The molecule has 24 heavy (non-hydrogen) atoms. The number of aryl methyl sites for hydroxylation is 1. The van der Waals surface area contributed by atoms with Crippen LogP contribution in [-0.2, 0) is 16.1 Å². The molecule has 2 saturated heterocycles. The maximum atomic E-state index is 12.4. The third kappa shape index (κ3) is 4.77. The molecule has 1 aromatic heterocycles. The van der Waals surface area contributed by atoms with Gasteiger partial charge in [0.05, 0.1) is 11.2 Å². The van der Waals surface area contributed by atoms with Crippen LogP contribution in [0.5, 0.6) is 0 Å². The van der Waals surface area contributed by atoms with Gasteiger partial charge in [-0.1, -0.05) is 0 Å². The first kappa shape index (κ1) is 17.8. The largest absolute Gasteiger partial charge is 0.381 e. The predicted molar refractivity (Wildman–Crippen MR) is 96.0 cm³/mol. The summed E-state index contributed by atoms with van der Waals surface area (Å²) in [5, 5.41) is 0. The number of likely N-dealkylation sites (tertiary alicyclic amines) is 1. The zero-order valence-electron chi connectivity index (χ0n) is 14.9. The van der Waals surface area contributed by atoms with E-state index in [2.05, 4.69) is 28.8 Å². The molecule has 5 nitrogen and oxygen atoms in total. The van der Waals surface area contributed by atoms with Crippen molar-refractivity contribution in [3.8, 4) is 0 Å². The maximum absolute atomic E-state index is 12.4. The molecule has 1 aromatic rings. The van der Waals surface area contributed by atoms with Crippen LogP contribution in [0.25, 0.3) is 0 Å². The Morgan fingerprint density at radius 1 is 1.46 bits per heavy atom. The maximum Gasteiger partial charge on any atom is 0.222 e. The van der Waals surface area contributed by atoms with Gasteiger partial charge in [0.15, 0.2) is 0 Å². The summed E-state index contributed by atoms with van der Waals surface area (Å²) in [7, 11) is 2.17. The standard InChI is InChI=1S/C18H29N3O2S/c1-14-17(24-13-19-14)11-20(2)9-16-5-7-21(10-16)18(22)4-3-15-6-8-23-12-15/h13,15-16H,3-12H2,1-2H3. The second-order valence-electron chi connectivity index (χ2n) is 7.32. The fraction of sp³-hybridized carbons (Fsp3) is 0.778. The molecule has 3 heterocycles. The van der Waals surface area contributed by atoms with E-state index < -0.39 is 0 Å². The Kier molecular flexibility index (Phi) is 6.25. The number of ether oxygens (including phenoxy) is 1. The first-order chi connectivity index (χ1) is 11.6. The van der Waals surface area contributed by atoms with Crippen molar-refractivity contribution in [2.75, 3.05) is 39.9 Å². The van der Waals surface area contributed by atoms with Crippen LogP contribution < -0.4 is 0 Å². The molecule has 0 spiro atoms. The summed E-state index contributed by atoms with van der Waals surface area (Å²) >= 11 is 1.73. The Hall–Kier alpha value is -0.980. The predicted octanol–water partition coefficient (Wildman–Crippen LogP) is 2.55. The summed E-state index contributed by atoms with van der Waals surface area (Å²) in [5.41, 5.74) is 3.06. The van der Waals surface area contributed by atoms with Crippen molar-refractivity contribution in [1.29, 1.82) is 0 Å². The van der Waals surface area contributed by atoms with Crippen LogP contribution in [0.1, 0.15) is 36.3 Å². The highest BCUT2D eigenvalue weighted by molar-refractivity contribution is 7.09. The van der Waals surface area contributed by atoms with E-state index in [0.29, 0.717) is 24.2 Å². The van der Waals surface area contributed by atoms with Crippen LogP contribution in [0, 0.1) is 18.8 Å². The summed E-state index contributed by atoms with van der Waals surface area (Å²) in [5.74, 6) is 1.54. The van der Waals surface area contributed by atoms with Crippen molar-refractivity contribution >= 4 is 17.2 Å². The molecule has 0 aromatic carbocycles. The zero-order chi connectivity index (χ0) is 16.9. The van der Waals surface area contributed by atoms with Gasteiger partial charge in [-0.2, -0.15) is 0 Å². The molecule has 134 valence electrons. The summed E-state index contributed by atoms with van der Waals surface area (Å²) in [6.07, 6.45) is 3.93. The average Bonchev–Trinajstić information content (AvgIpc) is 3.28. The fourth-order valence-electron chi connectivity index (χ4n) is 3.73. The fourth-order valence-corrected chi connectivity index (χ4v) is 4.59. The first-order valence-electron chi connectivity index (χ1n) is 9.05. The van der Waals surface area contributed by atoms with Crippen LogP contribution in [-0.4, -0.2) is 60.6 Å². The number of carbonyl (C=O) groups is 1. The number of amides is 1. The van der Waals surface area contributed by atoms with Crippen LogP contribution in [0.4, 0.5) is 0 Å². The molecule has 0 radical (unpaired) electrons. The Morgan fingerprint density at radius 3 is 3.04 bits per heavy atom. The van der Waals surface area contributed by atoms with Gasteiger partial charge >= 0.3 is 0 Å². The second-order valence-corrected chi connectivity index (χ2v) is 8.26. The number of rotatable bonds is 7. The van der Waals surface area contributed by atoms with E-state index in [9.17, 15) is 4.79 Å². The average molecular weight is 352 g/mol. The van der Waals surface area contributed by atoms with Gasteiger partial charge in [-0.3, -0.25) is 4.79 Å². The van der Waals surface area contributed by atoms with Gasteiger partial charge in [0.1, 0.15) is 0 Å². The Labute approximate surface area is 149 Å². The molecule has 2 fully saturated rings. The van der Waals surface area contributed by atoms with E-state index in [1.165, 1.54) is 4.88 Å². The normalized spacial score (nSPS) is 24.2. The third-order valence-electron chi connectivity index (χ3n) is 5.26. The highest BCUT2D eigenvalue weighted by Crippen LogP contribution is 2.23. The lowest BCUT2D eigenvalue weighted by Crippen LogP contribution is -2.31. The zero-order valence-corrected chi connectivity index (χ0v) is 15.7. The molecule has 0 aliphatic carbocycles. The smallest absolute Gasteiger partial charge is 0.222 e. The van der Waals surface area contributed by atoms with Crippen molar-refractivity contribution < 1.29 is 9.53 Å². The van der Waals surface area contributed by atoms with E-state index in [1.807, 2.05) is 5.51 Å². The first-order valence-corrected chi connectivity index (χ1v) is 9.93. The molecule has 1 amide bonds. The van der Waals surface area contributed by atoms with Gasteiger partial charge in [-0.15, -0.1) is 11.3 Å². The minimum absolute atomic E-state index is 0.338. The third-order valence-corrected chi connectivity index (χ3v) is 6.18. The number of aromatic nitrogens is 1. The highest BCUT2D eigenvalue weighted by atomic mass is 32.1. The van der Waals surface area contributed by atoms with Crippen LogP contribution in [0.2, 0.25) is 0 Å². The van der Waals surface area contributed by atoms with E-state index in [4.69, 9.17) is 4.74 Å². The lowest BCUT2D eigenvalue weighted by molar-refractivity contribution is -0.130. The molecule has 0 N–H and O–H groups in total. The van der Waals surface area contributed by atoms with Gasteiger partial charge in [0.2, 0.25) is 5.91 Å². The summed E-state index contributed by atoms with van der Waals surface area (Å²) in [4.78, 5) is 22.5. The Bertz CT molecular complexity index is 542. The molecule has 3 rings (SSSR count). The van der Waals surface area contributed by atoms with E-state index in [0.717, 1.165) is 64.3 Å². The summed E-state index contributed by atoms with van der Waals surface area (Å²) < 4.78 is 5.39. The lowest BCUT2D eigenvalue weighted by Gasteiger charge is -2.21. The van der Waals surface area contributed by atoms with Crippen molar-refractivity contribution in [3.05, 3.63) is 16.1 Å². The summed E-state index contributed by atoms with van der Waals surface area (Å²) in [6, 6.07) is 0. The second kappa shape index (κ2) is 8.41. The van der Waals surface area contributed by atoms with E-state index in [1.54, 1.807) is 11.3 Å². The molecule has 0 saturated carbocycles. The highest BCUT2D eigenvalue weighted by Gasteiger charge is 2.27. The lowest BCUT2D eigenvalue weighted by atomic mass is 10.0. The monoisotopic (exact) mass is 351 g/mol. The van der Waals surface area contributed by atoms with Gasteiger partial charge in [0, 0.05) is 50.7 Å². The topological polar surface area (TPSA) is 45.7 Å². The van der Waals surface area contributed by atoms with Crippen molar-refractivity contribution in [3.63, 3.8) is 0 Å². The van der Waals surface area contributed by atoms with E-state index >= 15 is 0 Å². The minimum Gasteiger partial charge on any atom is -0.381 e. The molecule has 0 bridgehead atoms. The molecule has 6 heteroatoms. The van der Waals surface area contributed by atoms with Crippen molar-refractivity contribution in [2.24, 2.45) is 11.8 Å². The van der Waals surface area contributed by atoms with Gasteiger partial charge < -0.3 is 14.5 Å². The van der Waals surface area contributed by atoms with Crippen molar-refractivity contribution in [2.45, 2.75) is 39.2 Å². The quantitative estimate of drug-likeness (QED) is 0.757. The number of thiazole rings is 1. The molecule has 2 atom stereocenters. The SMILES string of the molecule is Cc1ncsc1CN(C)CC1CCN(C(=O)CCC2CCOC2)C1. The number of carbonyl (C=O) groups excluding carboxylic acids is 1. The van der Waals surface area contributed by atoms with Crippen molar-refractivity contribution in [1.82, 2.24) is 14.8 Å². The Balaban J connectivity index is 1.38. The number of nitrogens with zero attached hydrogens (tertiary/aromatic N) is 3. The molecule has 2 unspecified atom stereocenters. The number of hydrogen-bond acceptors (Lipinski definition) is 5. The van der Waals surface area contributed by atoms with Crippen LogP contribution >= 0.6 is 11.3 Å². The van der Waals surface area contributed by atoms with Crippen LogP contribution in [0.3, 0.4) is 0 Å². The summed E-state index contributed by atoms with van der Waals surface area (Å²) in [6.45, 7) is 7.66. The Morgan fingerprint density at radius 2 is 2.33 bits per heavy atom. The minimum atomic E-state index is 0.338. The molecular formula is C18H29N3O2S. The molecule has 2 aliphatic rings. The molecular weight excluding hydrogens is 322 g/mol. The van der Waals surface area contributed by atoms with Crippen LogP contribution in [0.15, 0.2) is 5.51 Å². The van der Waals surface area contributed by atoms with Gasteiger partial charge in [-0.05, 0) is 45.1 Å².